The molecule has 184 valence electrons. The van der Waals surface area contributed by atoms with Gasteiger partial charge in [0.2, 0.25) is 5.91 Å². The van der Waals surface area contributed by atoms with Crippen molar-refractivity contribution in [1.29, 1.82) is 0 Å². The minimum atomic E-state index is -0.689. The lowest BCUT2D eigenvalue weighted by molar-refractivity contribution is -0.115. The molecule has 0 aliphatic carbocycles. The molecule has 0 spiro atoms. The van der Waals surface area contributed by atoms with E-state index >= 15 is 0 Å². The van der Waals surface area contributed by atoms with Crippen molar-refractivity contribution in [3.63, 3.8) is 0 Å². The van der Waals surface area contributed by atoms with E-state index in [1.807, 2.05) is 29.1 Å². The number of anilines is 2. The van der Waals surface area contributed by atoms with Crippen molar-refractivity contribution in [2.45, 2.75) is 32.8 Å². The number of ether oxygens (including phenoxy) is 1. The fourth-order valence-corrected chi connectivity index (χ4v) is 3.44. The monoisotopic (exact) mass is 486 g/mol. The van der Waals surface area contributed by atoms with Crippen molar-refractivity contribution >= 4 is 29.2 Å². The average molecular weight is 487 g/mol. The fraction of sp³-hybridized carbons (Fsp3) is 0.192. The molecule has 36 heavy (non-hydrogen) atoms. The Kier molecular flexibility index (Phi) is 6.95. The van der Waals surface area contributed by atoms with Crippen LogP contribution in [0.2, 0.25) is 0 Å². The van der Waals surface area contributed by atoms with Crippen LogP contribution in [0.4, 0.5) is 16.2 Å². The van der Waals surface area contributed by atoms with E-state index < -0.39 is 17.6 Å². The third-order valence-electron chi connectivity index (χ3n) is 4.99. The summed E-state index contributed by atoms with van der Waals surface area (Å²) in [7, 11) is 0. The van der Waals surface area contributed by atoms with E-state index in [0.717, 1.165) is 5.69 Å². The quantitative estimate of drug-likeness (QED) is 0.291. The zero-order valence-corrected chi connectivity index (χ0v) is 20.1. The van der Waals surface area contributed by atoms with Crippen LogP contribution in [0.15, 0.2) is 79.4 Å². The van der Waals surface area contributed by atoms with Gasteiger partial charge in [-0.1, -0.05) is 17.3 Å². The molecule has 0 radical (unpaired) electrons. The number of benzene rings is 2. The maximum absolute atomic E-state index is 12.9. The second-order valence-electron chi connectivity index (χ2n) is 8.99. The highest BCUT2D eigenvalue weighted by atomic mass is 16.6. The summed E-state index contributed by atoms with van der Waals surface area (Å²) in [6.07, 6.45) is 5.86. The normalized spacial score (nSPS) is 11.1. The van der Waals surface area contributed by atoms with Gasteiger partial charge in [0.15, 0.2) is 5.78 Å². The van der Waals surface area contributed by atoms with E-state index in [0.29, 0.717) is 22.6 Å². The summed E-state index contributed by atoms with van der Waals surface area (Å²) in [4.78, 5) is 38.1. The molecule has 2 aromatic heterocycles. The standard InChI is InChI=1S/C26H26N6O4/c1-26(2,3)36-25(35)29-21-10-9-19(31-12-4-5-13-31)16-22(21)28-24(34)17-23(33)18-7-6-8-20(15-18)32-14-11-27-30-32/h4-16H,17H2,1-3H3,(H,28,34)(H,29,35). The van der Waals surface area contributed by atoms with Crippen LogP contribution in [-0.2, 0) is 9.53 Å². The van der Waals surface area contributed by atoms with Crippen LogP contribution in [0.5, 0.6) is 0 Å². The van der Waals surface area contributed by atoms with Crippen LogP contribution < -0.4 is 10.6 Å². The number of nitrogens with one attached hydrogen (secondary N) is 2. The molecule has 0 unspecified atom stereocenters. The van der Waals surface area contributed by atoms with Crippen molar-refractivity contribution < 1.29 is 19.1 Å². The third-order valence-corrected chi connectivity index (χ3v) is 4.99. The summed E-state index contributed by atoms with van der Waals surface area (Å²) in [6.45, 7) is 5.27. The number of nitrogens with zero attached hydrogens (tertiary/aromatic N) is 4. The maximum Gasteiger partial charge on any atom is 0.412 e. The Morgan fingerprint density at radius 2 is 1.67 bits per heavy atom. The molecule has 0 saturated heterocycles. The Morgan fingerprint density at radius 3 is 2.36 bits per heavy atom. The molecule has 2 N–H and O–H groups in total. The van der Waals surface area contributed by atoms with E-state index in [1.165, 1.54) is 10.9 Å². The van der Waals surface area contributed by atoms with Gasteiger partial charge >= 0.3 is 6.09 Å². The zero-order chi connectivity index (χ0) is 25.7. The molecule has 0 aliphatic heterocycles. The largest absolute Gasteiger partial charge is 0.444 e. The molecule has 2 amide bonds. The van der Waals surface area contributed by atoms with Gasteiger partial charge in [-0.05, 0) is 63.2 Å². The van der Waals surface area contributed by atoms with Gasteiger partial charge in [0, 0.05) is 23.6 Å². The molecular weight excluding hydrogens is 460 g/mol. The lowest BCUT2D eigenvalue weighted by Gasteiger charge is -2.21. The molecule has 10 nitrogen and oxygen atoms in total. The Morgan fingerprint density at radius 1 is 0.889 bits per heavy atom. The molecule has 0 saturated carbocycles. The fourth-order valence-electron chi connectivity index (χ4n) is 3.44. The van der Waals surface area contributed by atoms with E-state index in [-0.39, 0.29) is 12.2 Å². The number of carbonyl (C=O) groups excluding carboxylic acids is 3. The highest BCUT2D eigenvalue weighted by Gasteiger charge is 2.19. The number of carbonyl (C=O) groups is 3. The Hall–Kier alpha value is -4.73. The van der Waals surface area contributed by atoms with Crippen LogP contribution in [0.3, 0.4) is 0 Å². The van der Waals surface area contributed by atoms with Crippen LogP contribution in [0.1, 0.15) is 37.6 Å². The number of rotatable bonds is 7. The number of amides is 2. The zero-order valence-electron chi connectivity index (χ0n) is 20.1. The Balaban J connectivity index is 1.52. The summed E-state index contributed by atoms with van der Waals surface area (Å²) < 4.78 is 8.72. The second kappa shape index (κ2) is 10.3. The van der Waals surface area contributed by atoms with E-state index in [2.05, 4.69) is 20.9 Å². The second-order valence-corrected chi connectivity index (χ2v) is 8.99. The molecule has 0 fully saturated rings. The molecule has 4 aromatic rings. The van der Waals surface area contributed by atoms with Crippen LogP contribution in [-0.4, -0.2) is 42.9 Å². The van der Waals surface area contributed by atoms with Gasteiger partial charge in [-0.25, -0.2) is 9.48 Å². The average Bonchev–Trinajstić information content (AvgIpc) is 3.54. The molecule has 10 heteroatoms. The van der Waals surface area contributed by atoms with Gasteiger partial charge in [-0.3, -0.25) is 14.9 Å². The van der Waals surface area contributed by atoms with Crippen molar-refractivity contribution in [2.75, 3.05) is 10.6 Å². The highest BCUT2D eigenvalue weighted by Crippen LogP contribution is 2.26. The molecular formula is C26H26N6O4. The van der Waals surface area contributed by atoms with E-state index in [4.69, 9.17) is 4.74 Å². The maximum atomic E-state index is 12.9. The van der Waals surface area contributed by atoms with Gasteiger partial charge in [-0.2, -0.15) is 0 Å². The van der Waals surface area contributed by atoms with Gasteiger partial charge < -0.3 is 14.6 Å². The molecule has 2 heterocycles. The summed E-state index contributed by atoms with van der Waals surface area (Å²) in [5, 5.41) is 13.1. The molecule has 2 aromatic carbocycles. The third kappa shape index (κ3) is 6.23. The van der Waals surface area contributed by atoms with E-state index in [1.54, 1.807) is 69.4 Å². The van der Waals surface area contributed by atoms with Crippen molar-refractivity contribution in [3.8, 4) is 11.4 Å². The molecule has 0 bridgehead atoms. The first-order valence-corrected chi connectivity index (χ1v) is 11.3. The highest BCUT2D eigenvalue weighted by molar-refractivity contribution is 6.12. The number of Topliss-reactive ketones (excluding diaryl/α,β-unsaturated/α-hetero) is 1. The van der Waals surface area contributed by atoms with Crippen LogP contribution in [0, 0.1) is 0 Å². The van der Waals surface area contributed by atoms with Gasteiger partial charge in [-0.15, -0.1) is 5.10 Å². The first kappa shape index (κ1) is 24.4. The van der Waals surface area contributed by atoms with Crippen molar-refractivity contribution in [1.82, 2.24) is 19.6 Å². The van der Waals surface area contributed by atoms with Gasteiger partial charge in [0.25, 0.3) is 0 Å². The smallest absolute Gasteiger partial charge is 0.412 e. The number of aromatic nitrogens is 4. The lowest BCUT2D eigenvalue weighted by atomic mass is 10.1. The Bertz CT molecular complexity index is 1370. The first-order chi connectivity index (χ1) is 17.2. The Labute approximate surface area is 207 Å². The minimum Gasteiger partial charge on any atom is -0.444 e. The number of ketones is 1. The summed E-state index contributed by atoms with van der Waals surface area (Å²) in [6, 6.07) is 15.7. The van der Waals surface area contributed by atoms with Gasteiger partial charge in [0.1, 0.15) is 5.60 Å². The summed E-state index contributed by atoms with van der Waals surface area (Å²) in [5.41, 5.74) is 1.77. The van der Waals surface area contributed by atoms with E-state index in [9.17, 15) is 14.4 Å². The van der Waals surface area contributed by atoms with Crippen molar-refractivity contribution in [3.05, 3.63) is 84.9 Å². The lowest BCUT2D eigenvalue weighted by Crippen LogP contribution is -2.27. The SMILES string of the molecule is CC(C)(C)OC(=O)Nc1ccc(-n2cccc2)cc1NC(=O)CC(=O)c1cccc(-n2ccnn2)c1. The number of hydrogen-bond acceptors (Lipinski definition) is 6. The minimum absolute atomic E-state index is 0.334. The predicted molar refractivity (Wildman–Crippen MR) is 135 cm³/mol. The van der Waals surface area contributed by atoms with Gasteiger partial charge in [0.05, 0.1) is 35.9 Å². The molecule has 0 aliphatic rings. The van der Waals surface area contributed by atoms with Crippen LogP contribution >= 0.6 is 0 Å². The summed E-state index contributed by atoms with van der Waals surface area (Å²) in [5.74, 6) is -0.888. The molecule has 0 atom stereocenters. The van der Waals surface area contributed by atoms with Crippen LogP contribution in [0.25, 0.3) is 11.4 Å². The van der Waals surface area contributed by atoms with Crippen molar-refractivity contribution in [2.24, 2.45) is 0 Å². The predicted octanol–water partition coefficient (Wildman–Crippen LogP) is 4.62. The topological polar surface area (TPSA) is 120 Å². The summed E-state index contributed by atoms with van der Waals surface area (Å²) >= 11 is 0. The first-order valence-electron chi connectivity index (χ1n) is 11.3. The molecule has 4 rings (SSSR count). The number of hydrogen-bond donors (Lipinski definition) is 2.